The van der Waals surface area contributed by atoms with E-state index in [-0.39, 0.29) is 52.1 Å². The number of nitrogens with zero attached hydrogens (tertiary/aromatic N) is 3. The standard InChI is InChI=1S/C23H32Cl2N3O5P/c1-11(2)32-34(29,33-12(3)4)8-7-23-9-14(23)15(18-19(23)31-22(5,6)30-18)13-10-26-17-16(13)27-21(25)28-20(17)24/h10-15,18-19H,7-9H2,1-6H3/t13?,14-,15-,18+,19+,23+/m1/s1. The molecule has 0 N–H and O–H groups in total. The maximum Gasteiger partial charge on any atom is 0.331 e. The summed E-state index contributed by atoms with van der Waals surface area (Å²) in [6, 6.07) is 0. The van der Waals surface area contributed by atoms with Crippen molar-refractivity contribution in [3.8, 4) is 0 Å². The van der Waals surface area contributed by atoms with Gasteiger partial charge in [-0.2, -0.15) is 0 Å². The monoisotopic (exact) mass is 531 g/mol. The normalized spacial score (nSPS) is 35.2. The van der Waals surface area contributed by atoms with Gasteiger partial charge in [0.25, 0.3) is 0 Å². The number of hydrogen-bond donors (Lipinski definition) is 0. The summed E-state index contributed by atoms with van der Waals surface area (Å²) in [7, 11) is -3.26. The smallest absolute Gasteiger partial charge is 0.331 e. The third kappa shape index (κ3) is 4.27. The van der Waals surface area contributed by atoms with Crippen molar-refractivity contribution < 1.29 is 23.1 Å². The van der Waals surface area contributed by atoms with Crippen LogP contribution in [0.1, 0.15) is 66.0 Å². The van der Waals surface area contributed by atoms with Gasteiger partial charge in [-0.25, -0.2) is 9.97 Å². The molecule has 3 heterocycles. The van der Waals surface area contributed by atoms with Crippen LogP contribution in [0.2, 0.25) is 10.4 Å². The first-order valence-corrected chi connectivity index (χ1v) is 14.4. The summed E-state index contributed by atoms with van der Waals surface area (Å²) in [6.45, 7) is 11.4. The number of hydrogen-bond acceptors (Lipinski definition) is 8. The lowest BCUT2D eigenvalue weighted by atomic mass is 9.84. The zero-order valence-electron chi connectivity index (χ0n) is 20.3. The molecule has 11 heteroatoms. The second kappa shape index (κ2) is 8.47. The molecule has 2 saturated carbocycles. The predicted molar refractivity (Wildman–Crippen MR) is 130 cm³/mol. The molecular formula is C23H32Cl2N3O5P. The van der Waals surface area contributed by atoms with Crippen LogP contribution in [0.3, 0.4) is 0 Å². The van der Waals surface area contributed by atoms with Gasteiger partial charge in [0, 0.05) is 23.5 Å². The number of fused-ring (bicyclic) bond motifs is 4. The Morgan fingerprint density at radius 1 is 1.15 bits per heavy atom. The number of aromatic nitrogens is 2. The lowest BCUT2D eigenvalue weighted by molar-refractivity contribution is -0.162. The van der Waals surface area contributed by atoms with Crippen molar-refractivity contribution in [3.05, 3.63) is 16.1 Å². The average Bonchev–Trinajstić information content (AvgIpc) is 2.95. The van der Waals surface area contributed by atoms with Gasteiger partial charge in [0.15, 0.2) is 10.9 Å². The van der Waals surface area contributed by atoms with Crippen LogP contribution >= 0.6 is 30.8 Å². The molecule has 0 spiro atoms. The molecule has 1 unspecified atom stereocenters. The first-order valence-electron chi connectivity index (χ1n) is 11.9. The van der Waals surface area contributed by atoms with E-state index in [0.717, 1.165) is 12.1 Å². The van der Waals surface area contributed by atoms with Crippen molar-refractivity contribution in [2.45, 2.75) is 90.5 Å². The van der Waals surface area contributed by atoms with Gasteiger partial charge in [-0.1, -0.05) is 11.6 Å². The lowest BCUT2D eigenvalue weighted by Crippen LogP contribution is -2.33. The highest BCUT2D eigenvalue weighted by atomic mass is 35.5. The number of rotatable bonds is 8. The van der Waals surface area contributed by atoms with Gasteiger partial charge in [0.1, 0.15) is 5.69 Å². The van der Waals surface area contributed by atoms with Gasteiger partial charge in [-0.05, 0) is 71.9 Å². The van der Waals surface area contributed by atoms with Crippen molar-refractivity contribution in [1.82, 2.24) is 9.97 Å². The summed E-state index contributed by atoms with van der Waals surface area (Å²) >= 11 is 12.4. The Morgan fingerprint density at radius 3 is 2.47 bits per heavy atom. The van der Waals surface area contributed by atoms with E-state index in [0.29, 0.717) is 24.2 Å². The van der Waals surface area contributed by atoms with Crippen molar-refractivity contribution in [2.24, 2.45) is 22.2 Å². The maximum atomic E-state index is 13.6. The SMILES string of the molecule is CC(C)OP(=O)(CC[C@]12C[C@@H]1[C@@H](C1C=Nc3c(Cl)nc(Cl)nc31)[C@@H]1OC(C)(C)O[C@@H]12)OC(C)C. The number of aliphatic imine (C=N–C) groups is 1. The van der Waals surface area contributed by atoms with Crippen molar-refractivity contribution >= 4 is 42.7 Å². The summed E-state index contributed by atoms with van der Waals surface area (Å²) < 4.78 is 38.1. The molecule has 0 radical (unpaired) electrons. The Labute approximate surface area is 210 Å². The van der Waals surface area contributed by atoms with Crippen LogP contribution in [0.25, 0.3) is 0 Å². The molecule has 2 aliphatic heterocycles. The highest BCUT2D eigenvalue weighted by Crippen LogP contribution is 2.75. The molecule has 188 valence electrons. The van der Waals surface area contributed by atoms with Crippen LogP contribution in [0, 0.1) is 17.3 Å². The molecule has 34 heavy (non-hydrogen) atoms. The molecule has 3 fully saturated rings. The Kier molecular flexibility index (Phi) is 6.25. The van der Waals surface area contributed by atoms with Gasteiger partial charge in [-0.15, -0.1) is 0 Å². The first-order chi connectivity index (χ1) is 15.8. The quantitative estimate of drug-likeness (QED) is 0.225. The van der Waals surface area contributed by atoms with Gasteiger partial charge < -0.3 is 18.5 Å². The highest BCUT2D eigenvalue weighted by molar-refractivity contribution is 7.53. The Hall–Kier alpha value is -0.600. The molecule has 6 atom stereocenters. The summed E-state index contributed by atoms with van der Waals surface area (Å²) in [5.74, 6) is -0.409. The van der Waals surface area contributed by atoms with E-state index in [9.17, 15) is 4.57 Å². The van der Waals surface area contributed by atoms with Crippen LogP contribution in [-0.4, -0.2) is 52.5 Å². The summed E-state index contributed by atoms with van der Waals surface area (Å²) in [4.78, 5) is 13.0. The minimum atomic E-state index is -3.26. The maximum absolute atomic E-state index is 13.6. The molecule has 8 nitrogen and oxygen atoms in total. The molecule has 0 amide bonds. The van der Waals surface area contributed by atoms with Crippen LogP contribution in [0.15, 0.2) is 4.99 Å². The molecule has 4 aliphatic rings. The molecule has 5 rings (SSSR count). The van der Waals surface area contributed by atoms with Crippen LogP contribution in [0.5, 0.6) is 0 Å². The molecule has 2 aliphatic carbocycles. The summed E-state index contributed by atoms with van der Waals surface area (Å²) in [6.07, 6.45) is 3.23. The van der Waals surface area contributed by atoms with Crippen molar-refractivity contribution in [1.29, 1.82) is 0 Å². The first kappa shape index (κ1) is 25.1. The van der Waals surface area contributed by atoms with Gasteiger partial charge in [-0.3, -0.25) is 9.56 Å². The molecular weight excluding hydrogens is 500 g/mol. The van der Waals surface area contributed by atoms with E-state index in [1.165, 1.54) is 0 Å². The third-order valence-corrected chi connectivity index (χ3v) is 9.94. The molecule has 0 bridgehead atoms. The Bertz CT molecular complexity index is 1050. The van der Waals surface area contributed by atoms with Crippen molar-refractivity contribution in [3.63, 3.8) is 0 Å². The van der Waals surface area contributed by atoms with Crippen LogP contribution in [-0.2, 0) is 23.1 Å². The summed E-state index contributed by atoms with van der Waals surface area (Å²) in [5.41, 5.74) is 1.15. The predicted octanol–water partition coefficient (Wildman–Crippen LogP) is 6.17. The van der Waals surface area contributed by atoms with E-state index in [2.05, 4.69) is 15.0 Å². The lowest BCUT2D eigenvalue weighted by Gasteiger charge is -2.27. The fourth-order valence-electron chi connectivity index (χ4n) is 6.22. The zero-order chi connectivity index (χ0) is 24.6. The van der Waals surface area contributed by atoms with E-state index < -0.39 is 13.4 Å². The van der Waals surface area contributed by atoms with Gasteiger partial charge in [0.05, 0.1) is 36.3 Å². The topological polar surface area (TPSA) is 92.1 Å². The molecule has 1 aromatic rings. The Balaban J connectivity index is 1.43. The van der Waals surface area contributed by atoms with Crippen molar-refractivity contribution in [2.75, 3.05) is 6.16 Å². The third-order valence-electron chi connectivity index (χ3n) is 7.25. The van der Waals surface area contributed by atoms with Gasteiger partial charge in [0.2, 0.25) is 5.28 Å². The fraction of sp³-hybridized carbons (Fsp3) is 0.783. The number of halogens is 2. The minimum absolute atomic E-state index is 0.0928. The molecule has 1 saturated heterocycles. The van der Waals surface area contributed by atoms with E-state index in [1.54, 1.807) is 0 Å². The largest absolute Gasteiger partial charge is 0.344 e. The highest BCUT2D eigenvalue weighted by Gasteiger charge is 2.76. The zero-order valence-corrected chi connectivity index (χ0v) is 22.7. The fourth-order valence-corrected chi connectivity index (χ4v) is 8.90. The number of ether oxygens (including phenoxy) is 2. The average molecular weight is 532 g/mol. The minimum Gasteiger partial charge on any atom is -0.344 e. The molecule has 1 aromatic heterocycles. The van der Waals surface area contributed by atoms with E-state index in [4.69, 9.17) is 41.7 Å². The second-order valence-electron chi connectivity index (χ2n) is 10.9. The van der Waals surface area contributed by atoms with E-state index >= 15 is 0 Å². The Morgan fingerprint density at radius 2 is 1.82 bits per heavy atom. The summed E-state index contributed by atoms with van der Waals surface area (Å²) in [5, 5.41) is 0.365. The van der Waals surface area contributed by atoms with Gasteiger partial charge >= 0.3 is 7.60 Å². The van der Waals surface area contributed by atoms with Crippen LogP contribution in [0.4, 0.5) is 5.69 Å². The molecule has 0 aromatic carbocycles. The second-order valence-corrected chi connectivity index (χ2v) is 13.6. The van der Waals surface area contributed by atoms with Crippen LogP contribution < -0.4 is 0 Å². The van der Waals surface area contributed by atoms with E-state index in [1.807, 2.05) is 47.8 Å².